The Bertz CT molecular complexity index is 1610. The molecule has 5 rings (SSSR count). The van der Waals surface area contributed by atoms with E-state index in [-0.39, 0.29) is 35.1 Å². The number of carbonyl (C=O) groups excluding carboxylic acids is 2. The smallest absolute Gasteiger partial charge is 0.546 e. The summed E-state index contributed by atoms with van der Waals surface area (Å²) in [5.74, 6) is -1.56. The van der Waals surface area contributed by atoms with Crippen molar-refractivity contribution in [1.29, 1.82) is 0 Å². The van der Waals surface area contributed by atoms with Crippen LogP contribution in [0.15, 0.2) is 85.4 Å². The molecule has 0 fully saturated rings. The van der Waals surface area contributed by atoms with Crippen LogP contribution in [0.1, 0.15) is 11.1 Å². The van der Waals surface area contributed by atoms with Gasteiger partial charge in [0.25, 0.3) is 0 Å². The van der Waals surface area contributed by atoms with Gasteiger partial charge in [-0.25, -0.2) is 0 Å². The zero-order valence-electron chi connectivity index (χ0n) is 19.3. The third kappa shape index (κ3) is 4.44. The van der Waals surface area contributed by atoms with Gasteiger partial charge in [-0.05, 0) is 28.6 Å². The maximum absolute atomic E-state index is 12.1. The fraction of sp³-hybridized carbons (Fsp3) is 0.0714. The molecule has 0 aliphatic heterocycles. The molecule has 0 atom stereocenters. The van der Waals surface area contributed by atoms with Gasteiger partial charge in [0, 0.05) is 22.9 Å². The first-order valence-corrected chi connectivity index (χ1v) is 10.8. The molecule has 0 saturated carbocycles. The minimum atomic E-state index is -1.32. The molecule has 1 aromatic heterocycles. The molecule has 168 valence electrons. The number of carboxylic acids is 1. The second-order valence-corrected chi connectivity index (χ2v) is 8.09. The molecule has 7 heteroatoms. The summed E-state index contributed by atoms with van der Waals surface area (Å²) in [4.78, 5) is 23.3. The van der Waals surface area contributed by atoms with Gasteiger partial charge in [0.2, 0.25) is 5.91 Å². The fourth-order valence-electron chi connectivity index (χ4n) is 4.54. The molecule has 0 saturated heterocycles. The van der Waals surface area contributed by atoms with Crippen molar-refractivity contribution < 1.29 is 49.0 Å². The van der Waals surface area contributed by atoms with Gasteiger partial charge >= 0.3 is 29.6 Å². The number of nitrogens with two attached hydrogens (primary N) is 1. The molecule has 0 unspecified atom stereocenters. The van der Waals surface area contributed by atoms with Crippen molar-refractivity contribution in [3.63, 3.8) is 0 Å². The van der Waals surface area contributed by atoms with Crippen molar-refractivity contribution in [1.82, 2.24) is 4.57 Å². The van der Waals surface area contributed by atoms with Gasteiger partial charge in [0.05, 0.1) is 22.4 Å². The standard InChI is InChI=1S/C28H22N2O4.Na/c1-17(28(29)33)20-12-7-13-22-25(20)26-23(34-16-24(31)32)14-19-10-5-6-11-21(19)27(26)30(22)15-18-8-3-2-4-9-18;/h2-14H,1,15-16H2,(H2,29,33)(H,31,32);/q;+1/p-1. The molecule has 0 aliphatic rings. The first-order valence-electron chi connectivity index (χ1n) is 10.8. The Labute approximate surface area is 223 Å². The normalized spacial score (nSPS) is 10.9. The van der Waals surface area contributed by atoms with Crippen molar-refractivity contribution in [3.8, 4) is 5.75 Å². The van der Waals surface area contributed by atoms with E-state index >= 15 is 0 Å². The maximum Gasteiger partial charge on any atom is 1.00 e. The van der Waals surface area contributed by atoms with E-state index in [4.69, 9.17) is 10.5 Å². The Morgan fingerprint density at radius 2 is 1.66 bits per heavy atom. The summed E-state index contributed by atoms with van der Waals surface area (Å²) in [6.45, 7) is 3.87. The molecule has 1 amide bonds. The molecule has 0 radical (unpaired) electrons. The molecule has 0 bridgehead atoms. The Balaban J connectivity index is 0.00000289. The summed E-state index contributed by atoms with van der Waals surface area (Å²) in [7, 11) is 0. The largest absolute Gasteiger partial charge is 1.00 e. The van der Waals surface area contributed by atoms with Crippen LogP contribution in [0.4, 0.5) is 0 Å². The number of fused-ring (bicyclic) bond motifs is 5. The summed E-state index contributed by atoms with van der Waals surface area (Å²) in [5, 5.41) is 14.5. The van der Waals surface area contributed by atoms with Gasteiger partial charge < -0.3 is 24.9 Å². The molecule has 0 aliphatic carbocycles. The second kappa shape index (κ2) is 9.96. The van der Waals surface area contributed by atoms with Gasteiger partial charge in [0.1, 0.15) is 12.4 Å². The first-order chi connectivity index (χ1) is 16.5. The third-order valence-corrected chi connectivity index (χ3v) is 5.99. The number of benzene rings is 4. The van der Waals surface area contributed by atoms with Crippen LogP contribution in [-0.2, 0) is 16.1 Å². The van der Waals surface area contributed by atoms with E-state index in [9.17, 15) is 14.7 Å². The second-order valence-electron chi connectivity index (χ2n) is 8.09. The number of rotatable bonds is 7. The topological polar surface area (TPSA) is 97.4 Å². The fourth-order valence-corrected chi connectivity index (χ4v) is 4.54. The summed E-state index contributed by atoms with van der Waals surface area (Å²) >= 11 is 0. The number of ether oxygens (including phenoxy) is 1. The van der Waals surface area contributed by atoms with Crippen LogP contribution in [0, 0.1) is 0 Å². The molecular formula is C28H21N2NaO4. The quantitative estimate of drug-likeness (QED) is 0.278. The van der Waals surface area contributed by atoms with Gasteiger partial charge in [-0.2, -0.15) is 0 Å². The van der Waals surface area contributed by atoms with Crippen LogP contribution < -0.4 is 45.1 Å². The van der Waals surface area contributed by atoms with Crippen molar-refractivity contribution >= 4 is 50.0 Å². The molecular weight excluding hydrogens is 451 g/mol. The van der Waals surface area contributed by atoms with E-state index < -0.39 is 18.5 Å². The molecule has 0 spiro atoms. The number of carboxylic acid groups (broad SMARTS) is 1. The van der Waals surface area contributed by atoms with Crippen molar-refractivity contribution in [2.24, 2.45) is 5.73 Å². The van der Waals surface area contributed by atoms with Crippen LogP contribution in [0.3, 0.4) is 0 Å². The molecule has 35 heavy (non-hydrogen) atoms. The van der Waals surface area contributed by atoms with Crippen LogP contribution in [0.5, 0.6) is 5.75 Å². The number of hydrogen-bond donors (Lipinski definition) is 1. The summed E-state index contributed by atoms with van der Waals surface area (Å²) in [6.07, 6.45) is 0. The summed E-state index contributed by atoms with van der Waals surface area (Å²) < 4.78 is 7.89. The molecule has 1 heterocycles. The van der Waals surface area contributed by atoms with E-state index in [0.717, 1.165) is 32.8 Å². The van der Waals surface area contributed by atoms with Crippen molar-refractivity contribution in [2.75, 3.05) is 6.61 Å². The number of primary amides is 1. The van der Waals surface area contributed by atoms with Crippen LogP contribution in [0.2, 0.25) is 0 Å². The van der Waals surface area contributed by atoms with Gasteiger partial charge in [0.15, 0.2) is 0 Å². The van der Waals surface area contributed by atoms with E-state index in [2.05, 4.69) is 11.1 Å². The molecule has 6 nitrogen and oxygen atoms in total. The summed E-state index contributed by atoms with van der Waals surface area (Å²) in [5.41, 5.74) is 9.16. The number of aromatic nitrogens is 1. The monoisotopic (exact) mass is 472 g/mol. The van der Waals surface area contributed by atoms with Gasteiger partial charge in [-0.1, -0.05) is 73.3 Å². The average Bonchev–Trinajstić information content (AvgIpc) is 3.17. The molecule has 5 aromatic rings. The average molecular weight is 472 g/mol. The Kier molecular flexibility index (Phi) is 6.98. The molecule has 4 aromatic carbocycles. The maximum atomic E-state index is 12.1. The van der Waals surface area contributed by atoms with E-state index in [1.54, 1.807) is 6.07 Å². The zero-order valence-corrected chi connectivity index (χ0v) is 21.3. The summed E-state index contributed by atoms with van der Waals surface area (Å²) in [6, 6.07) is 25.3. The Morgan fingerprint density at radius 3 is 2.37 bits per heavy atom. The Hall–Kier alpha value is -3.58. The SMILES string of the molecule is C=C(C(N)=O)c1cccc2c1c1c(OCC(=O)[O-])cc3ccccc3c1n2Cc1ccccc1.[Na+]. The number of nitrogens with zero attached hydrogens (tertiary/aromatic N) is 1. The van der Waals surface area contributed by atoms with Gasteiger partial charge in [-0.15, -0.1) is 0 Å². The van der Waals surface area contributed by atoms with Crippen molar-refractivity contribution in [2.45, 2.75) is 6.54 Å². The number of hydrogen-bond acceptors (Lipinski definition) is 4. The number of aliphatic carboxylic acids is 1. The number of amides is 1. The van der Waals surface area contributed by atoms with Crippen LogP contribution in [-0.4, -0.2) is 23.1 Å². The Morgan fingerprint density at radius 1 is 0.943 bits per heavy atom. The zero-order chi connectivity index (χ0) is 23.8. The van der Waals surface area contributed by atoms with Gasteiger partial charge in [-0.3, -0.25) is 4.79 Å². The van der Waals surface area contributed by atoms with E-state index in [1.165, 1.54) is 0 Å². The van der Waals surface area contributed by atoms with E-state index in [0.29, 0.717) is 23.2 Å². The minimum absolute atomic E-state index is 0. The molecule has 2 N–H and O–H groups in total. The minimum Gasteiger partial charge on any atom is -0.546 e. The van der Waals surface area contributed by atoms with Crippen LogP contribution in [0.25, 0.3) is 38.2 Å². The number of carbonyl (C=O) groups is 2. The first kappa shape index (κ1) is 24.5. The predicted molar refractivity (Wildman–Crippen MR) is 131 cm³/mol. The van der Waals surface area contributed by atoms with Crippen LogP contribution >= 0.6 is 0 Å². The van der Waals surface area contributed by atoms with Crippen molar-refractivity contribution in [3.05, 3.63) is 96.6 Å². The third-order valence-electron chi connectivity index (χ3n) is 5.99. The van der Waals surface area contributed by atoms with E-state index in [1.807, 2.05) is 72.8 Å². The predicted octanol–water partition coefficient (Wildman–Crippen LogP) is 0.627.